The number of aryl methyl sites for hydroxylation is 2. The summed E-state index contributed by atoms with van der Waals surface area (Å²) >= 11 is 0. The van der Waals surface area contributed by atoms with Crippen LogP contribution in [0.25, 0.3) is 16.7 Å². The van der Waals surface area contributed by atoms with E-state index in [0.717, 1.165) is 17.6 Å². The van der Waals surface area contributed by atoms with Crippen molar-refractivity contribution in [3.63, 3.8) is 0 Å². The summed E-state index contributed by atoms with van der Waals surface area (Å²) in [6.07, 6.45) is 0.991. The minimum absolute atomic E-state index is 0.261. The minimum atomic E-state index is -0.261. The summed E-state index contributed by atoms with van der Waals surface area (Å²) < 4.78 is 15.4. The number of nitrogens with two attached hydrogens (primary N) is 1. The quantitative estimate of drug-likeness (QED) is 0.772. The van der Waals surface area contributed by atoms with Gasteiger partial charge in [0.1, 0.15) is 5.82 Å². The number of halogens is 1. The van der Waals surface area contributed by atoms with Gasteiger partial charge in [-0.05, 0) is 42.7 Å². The van der Waals surface area contributed by atoms with Gasteiger partial charge in [0.25, 0.3) is 0 Å². The van der Waals surface area contributed by atoms with Crippen molar-refractivity contribution in [2.24, 2.45) is 0 Å². The van der Waals surface area contributed by atoms with Crippen LogP contribution in [0.3, 0.4) is 0 Å². The predicted molar refractivity (Wildman–Crippen MR) is 79.6 cm³/mol. The number of anilines is 1. The van der Waals surface area contributed by atoms with Crippen LogP contribution in [-0.2, 0) is 6.42 Å². The molecule has 0 bridgehead atoms. The summed E-state index contributed by atoms with van der Waals surface area (Å²) in [6.45, 7) is 3.85. The molecule has 0 unspecified atom stereocenters. The monoisotopic (exact) mass is 269 g/mol. The van der Waals surface area contributed by atoms with Gasteiger partial charge in [0.2, 0.25) is 5.95 Å². The smallest absolute Gasteiger partial charge is 0.205 e. The number of benzene rings is 2. The molecule has 2 aromatic carbocycles. The van der Waals surface area contributed by atoms with Crippen LogP contribution in [0.5, 0.6) is 0 Å². The average Bonchev–Trinajstić information content (AvgIpc) is 2.75. The number of nitrogen functional groups attached to an aromatic ring is 1. The molecule has 1 aromatic heterocycles. The summed E-state index contributed by atoms with van der Waals surface area (Å²) in [5, 5.41) is 0. The van der Waals surface area contributed by atoms with E-state index in [0.29, 0.717) is 17.0 Å². The Morgan fingerprint density at radius 3 is 2.55 bits per heavy atom. The molecule has 0 atom stereocenters. The maximum atomic E-state index is 13.6. The third-order valence-corrected chi connectivity index (χ3v) is 3.56. The molecule has 0 fully saturated rings. The lowest BCUT2D eigenvalue weighted by Gasteiger charge is -2.08. The van der Waals surface area contributed by atoms with Gasteiger partial charge in [0.05, 0.1) is 11.0 Å². The minimum Gasteiger partial charge on any atom is -0.369 e. The Morgan fingerprint density at radius 1 is 1.20 bits per heavy atom. The molecule has 20 heavy (non-hydrogen) atoms. The fourth-order valence-electron chi connectivity index (χ4n) is 2.37. The second kappa shape index (κ2) is 4.63. The van der Waals surface area contributed by atoms with E-state index in [9.17, 15) is 4.39 Å². The van der Waals surface area contributed by atoms with Crippen LogP contribution in [0.15, 0.2) is 36.4 Å². The maximum absolute atomic E-state index is 13.6. The Balaban J connectivity index is 2.23. The Hall–Kier alpha value is -2.36. The van der Waals surface area contributed by atoms with Gasteiger partial charge in [-0.1, -0.05) is 19.1 Å². The molecule has 0 amide bonds. The molecular formula is C16H16FN3. The number of nitrogens with zero attached hydrogens (tertiary/aromatic N) is 2. The first-order chi connectivity index (χ1) is 9.60. The van der Waals surface area contributed by atoms with E-state index >= 15 is 0 Å². The molecule has 3 rings (SSSR count). The van der Waals surface area contributed by atoms with Gasteiger partial charge >= 0.3 is 0 Å². The summed E-state index contributed by atoms with van der Waals surface area (Å²) in [4.78, 5) is 4.23. The molecule has 4 heteroatoms. The lowest BCUT2D eigenvalue weighted by Crippen LogP contribution is -2.00. The average molecular weight is 269 g/mol. The van der Waals surface area contributed by atoms with E-state index in [4.69, 9.17) is 5.73 Å². The van der Waals surface area contributed by atoms with Crippen molar-refractivity contribution in [2.45, 2.75) is 20.3 Å². The second-order valence-corrected chi connectivity index (χ2v) is 4.92. The van der Waals surface area contributed by atoms with Crippen molar-refractivity contribution in [1.29, 1.82) is 0 Å². The SMILES string of the molecule is CCc1ccc(-n2c(N)nc3cc(F)c(C)cc32)cc1. The van der Waals surface area contributed by atoms with E-state index in [2.05, 4.69) is 24.0 Å². The Kier molecular flexibility index (Phi) is 2.93. The van der Waals surface area contributed by atoms with Gasteiger partial charge in [-0.2, -0.15) is 0 Å². The zero-order valence-electron chi connectivity index (χ0n) is 11.5. The standard InChI is InChI=1S/C16H16FN3/c1-3-11-4-6-12(7-5-11)20-15-8-10(2)13(17)9-14(15)19-16(20)18/h4-9H,3H2,1-2H3,(H2,18,19). The van der Waals surface area contributed by atoms with Gasteiger partial charge < -0.3 is 5.73 Å². The lowest BCUT2D eigenvalue weighted by atomic mass is 10.1. The number of hydrogen-bond donors (Lipinski definition) is 1. The van der Waals surface area contributed by atoms with Crippen molar-refractivity contribution in [2.75, 3.05) is 5.73 Å². The topological polar surface area (TPSA) is 43.8 Å². The van der Waals surface area contributed by atoms with E-state index in [-0.39, 0.29) is 5.82 Å². The highest BCUT2D eigenvalue weighted by Crippen LogP contribution is 2.25. The summed E-state index contributed by atoms with van der Waals surface area (Å²) in [5.41, 5.74) is 10.2. The molecule has 0 spiro atoms. The molecule has 0 saturated heterocycles. The highest BCUT2D eigenvalue weighted by molar-refractivity contribution is 5.81. The molecule has 0 radical (unpaired) electrons. The Labute approximate surface area is 116 Å². The van der Waals surface area contributed by atoms with Crippen molar-refractivity contribution in [3.8, 4) is 5.69 Å². The molecule has 102 valence electrons. The molecular weight excluding hydrogens is 253 g/mol. The van der Waals surface area contributed by atoms with Crippen molar-refractivity contribution < 1.29 is 4.39 Å². The third-order valence-electron chi connectivity index (χ3n) is 3.56. The molecule has 0 aliphatic rings. The summed E-state index contributed by atoms with van der Waals surface area (Å²) in [6, 6.07) is 11.4. The fourth-order valence-corrected chi connectivity index (χ4v) is 2.37. The van der Waals surface area contributed by atoms with E-state index < -0.39 is 0 Å². The van der Waals surface area contributed by atoms with Crippen LogP contribution in [-0.4, -0.2) is 9.55 Å². The molecule has 0 saturated carbocycles. The molecule has 3 aromatic rings. The van der Waals surface area contributed by atoms with Gasteiger partial charge in [-0.25, -0.2) is 9.37 Å². The first-order valence-corrected chi connectivity index (χ1v) is 6.63. The van der Waals surface area contributed by atoms with Gasteiger partial charge in [-0.15, -0.1) is 0 Å². The zero-order valence-corrected chi connectivity index (χ0v) is 11.5. The number of hydrogen-bond acceptors (Lipinski definition) is 2. The van der Waals surface area contributed by atoms with Gasteiger partial charge in [0.15, 0.2) is 0 Å². The summed E-state index contributed by atoms with van der Waals surface area (Å²) in [7, 11) is 0. The molecule has 0 aliphatic carbocycles. The van der Waals surface area contributed by atoms with Crippen LogP contribution in [0.4, 0.5) is 10.3 Å². The van der Waals surface area contributed by atoms with Gasteiger partial charge in [-0.3, -0.25) is 4.57 Å². The predicted octanol–water partition coefficient (Wildman–Crippen LogP) is 3.62. The number of fused-ring (bicyclic) bond motifs is 1. The van der Waals surface area contributed by atoms with E-state index in [1.807, 2.05) is 16.7 Å². The van der Waals surface area contributed by atoms with Crippen molar-refractivity contribution >= 4 is 17.0 Å². The third kappa shape index (κ3) is 1.93. The highest BCUT2D eigenvalue weighted by Gasteiger charge is 2.12. The highest BCUT2D eigenvalue weighted by atomic mass is 19.1. The van der Waals surface area contributed by atoms with E-state index in [1.165, 1.54) is 11.6 Å². The van der Waals surface area contributed by atoms with Crippen molar-refractivity contribution in [3.05, 3.63) is 53.3 Å². The Bertz CT molecular complexity index is 773. The molecule has 2 N–H and O–H groups in total. The second-order valence-electron chi connectivity index (χ2n) is 4.92. The van der Waals surface area contributed by atoms with Crippen LogP contribution >= 0.6 is 0 Å². The maximum Gasteiger partial charge on any atom is 0.205 e. The largest absolute Gasteiger partial charge is 0.369 e. The zero-order chi connectivity index (χ0) is 14.3. The summed E-state index contributed by atoms with van der Waals surface area (Å²) in [5.74, 6) is 0.109. The lowest BCUT2D eigenvalue weighted by molar-refractivity contribution is 0.620. The number of aromatic nitrogens is 2. The first kappa shape index (κ1) is 12.7. The number of imidazole rings is 1. The normalized spacial score (nSPS) is 11.2. The fraction of sp³-hybridized carbons (Fsp3) is 0.188. The van der Waals surface area contributed by atoms with Crippen LogP contribution in [0.1, 0.15) is 18.1 Å². The Morgan fingerprint density at radius 2 is 1.90 bits per heavy atom. The molecule has 3 nitrogen and oxygen atoms in total. The number of rotatable bonds is 2. The first-order valence-electron chi connectivity index (χ1n) is 6.63. The molecule has 0 aliphatic heterocycles. The van der Waals surface area contributed by atoms with Crippen LogP contribution in [0.2, 0.25) is 0 Å². The van der Waals surface area contributed by atoms with Crippen LogP contribution in [0, 0.1) is 12.7 Å². The van der Waals surface area contributed by atoms with Crippen molar-refractivity contribution in [1.82, 2.24) is 9.55 Å². The van der Waals surface area contributed by atoms with Gasteiger partial charge in [0, 0.05) is 11.8 Å². The molecule has 1 heterocycles. The van der Waals surface area contributed by atoms with E-state index in [1.54, 1.807) is 13.0 Å². The van der Waals surface area contributed by atoms with Crippen LogP contribution < -0.4 is 5.73 Å².